The number of benzene rings is 1. The Morgan fingerprint density at radius 3 is 2.55 bits per heavy atom. The lowest BCUT2D eigenvalue weighted by Crippen LogP contribution is -2.49. The Labute approximate surface area is 124 Å². The topological polar surface area (TPSA) is 83.9 Å². The largest absolute Gasteiger partial charge is 0.481 e. The Hall–Kier alpha value is -1.65. The minimum atomic E-state index is -4.52. The maximum Gasteiger partial charge on any atom is 0.305 e. The van der Waals surface area contributed by atoms with Gasteiger partial charge in [-0.15, -0.1) is 0 Å². The molecule has 0 radical (unpaired) electrons. The minimum Gasteiger partial charge on any atom is -0.481 e. The van der Waals surface area contributed by atoms with Gasteiger partial charge in [-0.1, -0.05) is 0 Å². The van der Waals surface area contributed by atoms with E-state index in [2.05, 4.69) is 0 Å². The molecule has 6 nitrogen and oxygen atoms in total. The second-order valence-corrected chi connectivity index (χ2v) is 6.50. The first-order chi connectivity index (χ1) is 10.2. The summed E-state index contributed by atoms with van der Waals surface area (Å²) in [6, 6.07) is -0.675. The lowest BCUT2D eigenvalue weighted by Gasteiger charge is -2.33. The third-order valence-electron chi connectivity index (χ3n) is 3.15. The number of carbonyl (C=O) groups is 1. The maximum absolute atomic E-state index is 13.7. The van der Waals surface area contributed by atoms with E-state index in [9.17, 15) is 26.4 Å². The molecule has 1 heterocycles. The van der Waals surface area contributed by atoms with Crippen LogP contribution in [0.2, 0.25) is 0 Å². The van der Waals surface area contributed by atoms with Gasteiger partial charge in [0, 0.05) is 12.6 Å². The predicted octanol–water partition coefficient (Wildman–Crippen LogP) is 0.968. The van der Waals surface area contributed by atoms with Crippen molar-refractivity contribution in [2.24, 2.45) is 0 Å². The fraction of sp³-hybridized carbons (Fsp3) is 0.417. The first-order valence-corrected chi connectivity index (χ1v) is 7.63. The van der Waals surface area contributed by atoms with Crippen molar-refractivity contribution in [3.05, 3.63) is 29.6 Å². The zero-order valence-electron chi connectivity index (χ0n) is 11.1. The summed E-state index contributed by atoms with van der Waals surface area (Å²) in [7, 11) is -4.52. The van der Waals surface area contributed by atoms with Crippen LogP contribution in [0.4, 0.5) is 13.2 Å². The number of aliphatic carboxylic acids is 1. The highest BCUT2D eigenvalue weighted by atomic mass is 32.2. The lowest BCUT2D eigenvalue weighted by molar-refractivity contribution is -0.139. The molecule has 1 atom stereocenters. The molecule has 22 heavy (non-hydrogen) atoms. The van der Waals surface area contributed by atoms with Crippen molar-refractivity contribution in [3.8, 4) is 0 Å². The van der Waals surface area contributed by atoms with Gasteiger partial charge in [0.15, 0.2) is 11.6 Å². The van der Waals surface area contributed by atoms with E-state index in [1.165, 1.54) is 0 Å². The molecule has 0 spiro atoms. The number of ether oxygens (including phenoxy) is 1. The molecule has 2 rings (SSSR count). The van der Waals surface area contributed by atoms with E-state index in [-0.39, 0.29) is 31.9 Å². The highest BCUT2D eigenvalue weighted by Crippen LogP contribution is 2.26. The quantitative estimate of drug-likeness (QED) is 0.827. The maximum atomic E-state index is 13.7. The zero-order valence-corrected chi connectivity index (χ0v) is 11.9. The van der Waals surface area contributed by atoms with Gasteiger partial charge in [-0.2, -0.15) is 4.31 Å². The highest BCUT2D eigenvalue weighted by Gasteiger charge is 2.37. The molecule has 0 aromatic heterocycles. The third kappa shape index (κ3) is 3.23. The molecule has 122 valence electrons. The Bertz CT molecular complexity index is 694. The molecule has 1 fully saturated rings. The van der Waals surface area contributed by atoms with Gasteiger partial charge >= 0.3 is 5.97 Å². The Morgan fingerprint density at radius 2 is 1.91 bits per heavy atom. The summed E-state index contributed by atoms with van der Waals surface area (Å²) in [5.41, 5.74) is 0. The van der Waals surface area contributed by atoms with Crippen LogP contribution in [0, 0.1) is 17.5 Å². The first-order valence-electron chi connectivity index (χ1n) is 6.19. The van der Waals surface area contributed by atoms with Gasteiger partial charge < -0.3 is 9.84 Å². The second kappa shape index (κ2) is 6.23. The number of hydrogen-bond acceptors (Lipinski definition) is 4. The average molecular weight is 339 g/mol. The predicted molar refractivity (Wildman–Crippen MR) is 67.1 cm³/mol. The molecule has 0 aliphatic carbocycles. The monoisotopic (exact) mass is 339 g/mol. The molecule has 1 aromatic carbocycles. The number of hydrogen-bond donors (Lipinski definition) is 1. The average Bonchev–Trinajstić information content (AvgIpc) is 2.42. The number of rotatable bonds is 4. The molecule has 1 unspecified atom stereocenters. The third-order valence-corrected chi connectivity index (χ3v) is 5.11. The highest BCUT2D eigenvalue weighted by molar-refractivity contribution is 7.89. The smallest absolute Gasteiger partial charge is 0.305 e. The zero-order chi connectivity index (χ0) is 16.5. The summed E-state index contributed by atoms with van der Waals surface area (Å²) in [6.45, 7) is -0.407. The van der Waals surface area contributed by atoms with Crippen molar-refractivity contribution in [3.63, 3.8) is 0 Å². The van der Waals surface area contributed by atoms with E-state index in [0.717, 1.165) is 4.31 Å². The molecule has 1 aliphatic rings. The van der Waals surface area contributed by atoms with Crippen molar-refractivity contribution in [2.45, 2.75) is 17.4 Å². The van der Waals surface area contributed by atoms with Gasteiger partial charge in [-0.3, -0.25) is 4.79 Å². The molecule has 10 heteroatoms. The summed E-state index contributed by atoms with van der Waals surface area (Å²) in [4.78, 5) is 9.74. The van der Waals surface area contributed by atoms with E-state index in [4.69, 9.17) is 9.84 Å². The van der Waals surface area contributed by atoms with E-state index < -0.39 is 50.8 Å². The van der Waals surface area contributed by atoms with Crippen LogP contribution >= 0.6 is 0 Å². The number of halogens is 3. The summed E-state index contributed by atoms with van der Waals surface area (Å²) in [5, 5.41) is 8.79. The molecular weight excluding hydrogens is 327 g/mol. The van der Waals surface area contributed by atoms with Gasteiger partial charge in [0.05, 0.1) is 25.7 Å². The normalized spacial score (nSPS) is 20.0. The number of nitrogens with zero attached hydrogens (tertiary/aromatic N) is 1. The van der Waals surface area contributed by atoms with Crippen molar-refractivity contribution in [2.75, 3.05) is 19.8 Å². The van der Waals surface area contributed by atoms with Crippen molar-refractivity contribution in [1.82, 2.24) is 4.31 Å². The van der Waals surface area contributed by atoms with Gasteiger partial charge in [0.25, 0.3) is 0 Å². The van der Waals surface area contributed by atoms with Gasteiger partial charge in [-0.25, -0.2) is 21.6 Å². The van der Waals surface area contributed by atoms with Crippen LogP contribution in [-0.4, -0.2) is 49.6 Å². The molecule has 0 amide bonds. The van der Waals surface area contributed by atoms with Crippen LogP contribution in [0.1, 0.15) is 6.42 Å². The SMILES string of the molecule is O=C(O)CC1COCCN1S(=O)(=O)c1cc(F)c(F)cc1F. The molecule has 0 saturated carbocycles. The minimum absolute atomic E-state index is 0.0132. The Kier molecular flexibility index (Phi) is 4.73. The number of carboxylic acid groups (broad SMARTS) is 1. The lowest BCUT2D eigenvalue weighted by atomic mass is 10.2. The van der Waals surface area contributed by atoms with E-state index in [1.54, 1.807) is 0 Å². The molecule has 1 aromatic rings. The van der Waals surface area contributed by atoms with Crippen LogP contribution in [0.3, 0.4) is 0 Å². The molecule has 1 N–H and O–H groups in total. The Balaban J connectivity index is 2.43. The Morgan fingerprint density at radius 1 is 1.27 bits per heavy atom. The first kappa shape index (κ1) is 16.7. The van der Waals surface area contributed by atoms with Crippen LogP contribution in [0.15, 0.2) is 17.0 Å². The number of morpholine rings is 1. The molecule has 1 saturated heterocycles. The second-order valence-electron chi connectivity index (χ2n) is 4.64. The van der Waals surface area contributed by atoms with Gasteiger partial charge in [0.1, 0.15) is 10.7 Å². The molecule has 0 bridgehead atoms. The van der Waals surface area contributed by atoms with Crippen LogP contribution in [-0.2, 0) is 19.6 Å². The van der Waals surface area contributed by atoms with Crippen LogP contribution in [0.5, 0.6) is 0 Å². The van der Waals surface area contributed by atoms with Gasteiger partial charge in [-0.05, 0) is 6.07 Å². The fourth-order valence-corrected chi connectivity index (χ4v) is 3.80. The van der Waals surface area contributed by atoms with Crippen molar-refractivity contribution in [1.29, 1.82) is 0 Å². The van der Waals surface area contributed by atoms with E-state index >= 15 is 0 Å². The van der Waals surface area contributed by atoms with Crippen molar-refractivity contribution < 1.29 is 36.2 Å². The molecule has 1 aliphatic heterocycles. The number of sulfonamides is 1. The number of carboxylic acids is 1. The summed E-state index contributed by atoms with van der Waals surface area (Å²) < 4.78 is 70.4. The van der Waals surface area contributed by atoms with Crippen LogP contribution < -0.4 is 0 Å². The summed E-state index contributed by atoms with van der Waals surface area (Å²) >= 11 is 0. The van der Waals surface area contributed by atoms with Gasteiger partial charge in [0.2, 0.25) is 10.0 Å². The molecular formula is C12H12F3NO5S. The van der Waals surface area contributed by atoms with E-state index in [0.29, 0.717) is 0 Å². The summed E-state index contributed by atoms with van der Waals surface area (Å²) in [6.07, 6.45) is -0.551. The van der Waals surface area contributed by atoms with Crippen molar-refractivity contribution >= 4 is 16.0 Å². The van der Waals surface area contributed by atoms with Crippen LogP contribution in [0.25, 0.3) is 0 Å². The van der Waals surface area contributed by atoms with E-state index in [1.807, 2.05) is 0 Å². The standard InChI is InChI=1S/C12H12F3NO5S/c13-8-4-10(15)11(5-9(8)14)22(19,20)16-1-2-21-6-7(16)3-12(17)18/h4-5,7H,1-3,6H2,(H,17,18). The summed E-state index contributed by atoms with van der Waals surface area (Å²) in [5.74, 6) is -5.73. The fourth-order valence-electron chi connectivity index (χ4n) is 2.15.